The number of rotatable bonds is 6. The first-order chi connectivity index (χ1) is 13.9. The third-order valence-corrected chi connectivity index (χ3v) is 5.14. The highest BCUT2D eigenvalue weighted by molar-refractivity contribution is 7.92. The van der Waals surface area contributed by atoms with Crippen molar-refractivity contribution in [3.05, 3.63) is 59.7 Å². The molecule has 0 aliphatic rings. The summed E-state index contributed by atoms with van der Waals surface area (Å²) in [7, 11) is -4.26. The van der Waals surface area contributed by atoms with Gasteiger partial charge in [0.25, 0.3) is 15.9 Å². The number of carbonyl (C=O) groups excluding carboxylic acids is 2. The number of benzene rings is 2. The monoisotopic (exact) mass is 443 g/mol. The molecule has 7 nitrogen and oxygen atoms in total. The summed E-state index contributed by atoms with van der Waals surface area (Å²) in [5.41, 5.74) is 3.05. The van der Waals surface area contributed by atoms with E-state index in [1.807, 2.05) is 13.8 Å². The molecule has 0 aromatic heterocycles. The molecular formula is C19H20F3N3O4S. The Morgan fingerprint density at radius 1 is 1.00 bits per heavy atom. The first-order valence-electron chi connectivity index (χ1n) is 8.78. The van der Waals surface area contributed by atoms with Gasteiger partial charge in [0.1, 0.15) is 0 Å². The molecule has 0 saturated heterocycles. The first kappa shape index (κ1) is 23.2. The molecule has 0 fully saturated rings. The number of anilines is 1. The van der Waals surface area contributed by atoms with Crippen LogP contribution in [0.1, 0.15) is 36.2 Å². The first-order valence-corrected chi connectivity index (χ1v) is 10.3. The van der Waals surface area contributed by atoms with Gasteiger partial charge in [-0.15, -0.1) is 0 Å². The zero-order chi connectivity index (χ0) is 22.5. The molecule has 0 bridgehead atoms. The van der Waals surface area contributed by atoms with Gasteiger partial charge in [-0.2, -0.15) is 13.2 Å². The lowest BCUT2D eigenvalue weighted by atomic mass is 10.1. The number of amides is 2. The molecule has 162 valence electrons. The van der Waals surface area contributed by atoms with Crippen LogP contribution in [0.3, 0.4) is 0 Å². The van der Waals surface area contributed by atoms with Crippen molar-refractivity contribution in [2.24, 2.45) is 5.92 Å². The van der Waals surface area contributed by atoms with E-state index < -0.39 is 33.6 Å². The van der Waals surface area contributed by atoms with Gasteiger partial charge >= 0.3 is 6.18 Å². The number of sulfonamides is 1. The smallest absolute Gasteiger partial charge is 0.280 e. The largest absolute Gasteiger partial charge is 0.416 e. The summed E-state index contributed by atoms with van der Waals surface area (Å²) >= 11 is 0. The molecule has 3 N–H and O–H groups in total. The lowest BCUT2D eigenvalue weighted by molar-refractivity contribution is -0.137. The summed E-state index contributed by atoms with van der Waals surface area (Å²) in [6, 6.07) is 8.58. The molecule has 0 unspecified atom stereocenters. The highest BCUT2D eigenvalue weighted by Crippen LogP contribution is 2.31. The van der Waals surface area contributed by atoms with Crippen molar-refractivity contribution in [3.63, 3.8) is 0 Å². The molecule has 0 spiro atoms. The number of hydrogen-bond donors (Lipinski definition) is 3. The van der Waals surface area contributed by atoms with Crippen LogP contribution in [0, 0.1) is 5.92 Å². The molecule has 30 heavy (non-hydrogen) atoms. The Morgan fingerprint density at radius 3 is 2.30 bits per heavy atom. The van der Waals surface area contributed by atoms with E-state index in [2.05, 4.69) is 15.6 Å². The second-order valence-corrected chi connectivity index (χ2v) is 8.49. The van der Waals surface area contributed by atoms with E-state index in [0.29, 0.717) is 6.07 Å². The maximum absolute atomic E-state index is 12.8. The second kappa shape index (κ2) is 9.16. The number of nitrogens with one attached hydrogen (secondary N) is 3. The predicted molar refractivity (Wildman–Crippen MR) is 104 cm³/mol. The number of carbonyl (C=O) groups is 2. The summed E-state index contributed by atoms with van der Waals surface area (Å²) in [4.78, 5) is 23.4. The molecule has 2 aromatic rings. The van der Waals surface area contributed by atoms with Crippen LogP contribution in [0.5, 0.6) is 0 Å². The fraction of sp³-hybridized carbons (Fsp3) is 0.263. The average Bonchev–Trinajstić information content (AvgIpc) is 2.65. The predicted octanol–water partition coefficient (Wildman–Crippen LogP) is 3.31. The summed E-state index contributed by atoms with van der Waals surface area (Å²) < 4.78 is 65.6. The van der Waals surface area contributed by atoms with E-state index in [0.717, 1.165) is 18.2 Å². The number of halogens is 3. The third kappa shape index (κ3) is 6.48. The topological polar surface area (TPSA) is 104 Å². The standard InChI is InChI=1S/C19H20F3N3O4S/c1-12(2)9-17(26)23-24-18(27)13-5-3-8-16(10-13)30(28,29)25-15-7-4-6-14(11-15)19(20,21)22/h3-8,10-12,25H,9H2,1-2H3,(H,23,26)(H,24,27). The summed E-state index contributed by atoms with van der Waals surface area (Å²) in [5, 5.41) is 0. The van der Waals surface area contributed by atoms with Crippen LogP contribution >= 0.6 is 0 Å². The number of hydrazine groups is 1. The fourth-order valence-corrected chi connectivity index (χ4v) is 3.49. The summed E-state index contributed by atoms with van der Waals surface area (Å²) in [6.07, 6.45) is -4.44. The van der Waals surface area contributed by atoms with E-state index in [1.54, 1.807) is 0 Å². The van der Waals surface area contributed by atoms with E-state index in [1.165, 1.54) is 24.3 Å². The van der Waals surface area contributed by atoms with Gasteiger partial charge < -0.3 is 0 Å². The van der Waals surface area contributed by atoms with Crippen molar-refractivity contribution in [3.8, 4) is 0 Å². The molecule has 0 aliphatic carbocycles. The Morgan fingerprint density at radius 2 is 1.67 bits per heavy atom. The highest BCUT2D eigenvalue weighted by atomic mass is 32.2. The van der Waals surface area contributed by atoms with Gasteiger partial charge in [-0.3, -0.25) is 25.2 Å². The minimum atomic E-state index is -4.63. The van der Waals surface area contributed by atoms with Crippen molar-refractivity contribution in [1.82, 2.24) is 10.9 Å². The average molecular weight is 443 g/mol. The summed E-state index contributed by atoms with van der Waals surface area (Å²) in [6.45, 7) is 3.65. The zero-order valence-corrected chi connectivity index (χ0v) is 16.9. The van der Waals surface area contributed by atoms with Gasteiger partial charge in [-0.25, -0.2) is 8.42 Å². The molecule has 0 atom stereocenters. The van der Waals surface area contributed by atoms with Crippen molar-refractivity contribution in [2.45, 2.75) is 31.3 Å². The van der Waals surface area contributed by atoms with E-state index in [-0.39, 0.29) is 28.5 Å². The van der Waals surface area contributed by atoms with Gasteiger partial charge in [0.05, 0.1) is 10.5 Å². The van der Waals surface area contributed by atoms with Gasteiger partial charge in [-0.1, -0.05) is 26.0 Å². The number of hydrogen-bond acceptors (Lipinski definition) is 4. The second-order valence-electron chi connectivity index (χ2n) is 6.81. The molecule has 0 saturated carbocycles. The fourth-order valence-electron chi connectivity index (χ4n) is 2.40. The van der Waals surface area contributed by atoms with Crippen LogP contribution in [0.4, 0.5) is 18.9 Å². The molecule has 2 rings (SSSR count). The Labute approximate surface area is 171 Å². The molecule has 0 radical (unpaired) electrons. The molecular weight excluding hydrogens is 423 g/mol. The molecule has 2 amide bonds. The van der Waals surface area contributed by atoms with Crippen LogP contribution < -0.4 is 15.6 Å². The quantitative estimate of drug-likeness (QED) is 0.596. The maximum Gasteiger partial charge on any atom is 0.416 e. The molecule has 0 heterocycles. The van der Waals surface area contributed by atoms with Crippen molar-refractivity contribution in [1.29, 1.82) is 0 Å². The molecule has 2 aromatic carbocycles. The van der Waals surface area contributed by atoms with Crippen LogP contribution in [-0.2, 0) is 21.0 Å². The minimum Gasteiger partial charge on any atom is -0.280 e. The molecule has 11 heteroatoms. The van der Waals surface area contributed by atoms with Gasteiger partial charge in [0.15, 0.2) is 0 Å². The lowest BCUT2D eigenvalue weighted by Crippen LogP contribution is -2.42. The minimum absolute atomic E-state index is 0.0632. The van der Waals surface area contributed by atoms with E-state index in [4.69, 9.17) is 0 Å². The maximum atomic E-state index is 12.8. The Hall–Kier alpha value is -3.08. The SMILES string of the molecule is CC(C)CC(=O)NNC(=O)c1cccc(S(=O)(=O)Nc2cccc(C(F)(F)F)c2)c1. The van der Waals surface area contributed by atoms with Crippen molar-refractivity contribution in [2.75, 3.05) is 4.72 Å². The summed E-state index contributed by atoms with van der Waals surface area (Å²) in [5.74, 6) is -1.08. The highest BCUT2D eigenvalue weighted by Gasteiger charge is 2.30. The lowest BCUT2D eigenvalue weighted by Gasteiger charge is -2.12. The molecule has 0 aliphatic heterocycles. The van der Waals surface area contributed by atoms with Crippen molar-refractivity contribution >= 4 is 27.5 Å². The van der Waals surface area contributed by atoms with E-state index in [9.17, 15) is 31.2 Å². The van der Waals surface area contributed by atoms with Gasteiger partial charge in [0, 0.05) is 17.7 Å². The normalized spacial score (nSPS) is 11.8. The Balaban J connectivity index is 2.16. The van der Waals surface area contributed by atoms with Crippen LogP contribution in [0.15, 0.2) is 53.4 Å². The Kier molecular flexibility index (Phi) is 7.08. The third-order valence-electron chi connectivity index (χ3n) is 3.76. The van der Waals surface area contributed by atoms with Gasteiger partial charge in [-0.05, 0) is 42.3 Å². The van der Waals surface area contributed by atoms with Crippen molar-refractivity contribution < 1.29 is 31.2 Å². The number of alkyl halides is 3. The van der Waals surface area contributed by atoms with Gasteiger partial charge in [0.2, 0.25) is 5.91 Å². The van der Waals surface area contributed by atoms with Crippen LogP contribution in [-0.4, -0.2) is 20.2 Å². The van der Waals surface area contributed by atoms with Crippen LogP contribution in [0.2, 0.25) is 0 Å². The zero-order valence-electron chi connectivity index (χ0n) is 16.1. The van der Waals surface area contributed by atoms with Crippen LogP contribution in [0.25, 0.3) is 0 Å². The van der Waals surface area contributed by atoms with E-state index >= 15 is 0 Å². The Bertz CT molecular complexity index is 1040.